The van der Waals surface area contributed by atoms with Crippen LogP contribution in [0.3, 0.4) is 0 Å². The molecule has 2 heterocycles. The number of likely N-dealkylation sites (N-methyl/N-ethyl adjacent to an activating group) is 1. The summed E-state index contributed by atoms with van der Waals surface area (Å²) in [6.07, 6.45) is -4.52. The molecule has 2 aromatic carbocycles. The number of carbonyl (C=O) groups excluding carboxylic acids is 1. The van der Waals surface area contributed by atoms with Gasteiger partial charge in [0.25, 0.3) is 5.91 Å². The third-order valence-electron chi connectivity index (χ3n) is 5.32. The number of rotatable bonds is 4. The standard InChI is InChI=1S/C23H22F3N3O2/c1-28-12-14-29(15-13-28)17-8-6-16(7-9-17)27-22(30)21-11-10-20(31-21)18-4-2-3-5-19(18)23(24,25)26/h2-11H,12-15H2,1H3,(H,27,30). The van der Waals surface area contributed by atoms with Gasteiger partial charge >= 0.3 is 6.18 Å². The molecule has 1 amide bonds. The van der Waals surface area contributed by atoms with E-state index in [9.17, 15) is 18.0 Å². The second kappa shape index (κ2) is 8.47. The molecule has 162 valence electrons. The van der Waals surface area contributed by atoms with Crippen molar-refractivity contribution in [1.82, 2.24) is 4.90 Å². The molecule has 1 aliphatic rings. The maximum Gasteiger partial charge on any atom is 0.417 e. The molecular weight excluding hydrogens is 407 g/mol. The van der Waals surface area contributed by atoms with Gasteiger partial charge in [0.15, 0.2) is 5.76 Å². The molecule has 0 atom stereocenters. The molecule has 1 fully saturated rings. The monoisotopic (exact) mass is 429 g/mol. The van der Waals surface area contributed by atoms with E-state index in [0.29, 0.717) is 5.69 Å². The van der Waals surface area contributed by atoms with Crippen molar-refractivity contribution >= 4 is 17.3 Å². The Hall–Kier alpha value is -3.26. The first-order chi connectivity index (χ1) is 14.8. The lowest BCUT2D eigenvalue weighted by Crippen LogP contribution is -2.44. The minimum atomic E-state index is -4.52. The highest BCUT2D eigenvalue weighted by Gasteiger charge is 2.34. The van der Waals surface area contributed by atoms with Crippen molar-refractivity contribution in [3.63, 3.8) is 0 Å². The summed E-state index contributed by atoms with van der Waals surface area (Å²) >= 11 is 0. The average molecular weight is 429 g/mol. The summed E-state index contributed by atoms with van der Waals surface area (Å²) in [5.74, 6) is -0.596. The Morgan fingerprint density at radius 1 is 0.935 bits per heavy atom. The second-order valence-corrected chi connectivity index (χ2v) is 7.50. The Bertz CT molecular complexity index is 1050. The van der Waals surface area contributed by atoms with Crippen LogP contribution >= 0.6 is 0 Å². The van der Waals surface area contributed by atoms with Gasteiger partial charge in [-0.3, -0.25) is 4.79 Å². The first-order valence-corrected chi connectivity index (χ1v) is 9.92. The molecule has 31 heavy (non-hydrogen) atoms. The summed E-state index contributed by atoms with van der Waals surface area (Å²) in [6.45, 7) is 3.88. The van der Waals surface area contributed by atoms with Crippen molar-refractivity contribution in [3.05, 3.63) is 72.0 Å². The highest BCUT2D eigenvalue weighted by Crippen LogP contribution is 2.37. The van der Waals surface area contributed by atoms with Crippen LogP contribution in [-0.4, -0.2) is 44.0 Å². The van der Waals surface area contributed by atoms with Crippen LogP contribution in [0.1, 0.15) is 16.1 Å². The van der Waals surface area contributed by atoms with Crippen molar-refractivity contribution in [2.45, 2.75) is 6.18 Å². The van der Waals surface area contributed by atoms with Gasteiger partial charge in [0, 0.05) is 43.1 Å². The van der Waals surface area contributed by atoms with Crippen LogP contribution < -0.4 is 10.2 Å². The summed E-state index contributed by atoms with van der Waals surface area (Å²) in [4.78, 5) is 17.1. The summed E-state index contributed by atoms with van der Waals surface area (Å²) in [5.41, 5.74) is 0.744. The molecular formula is C23H22F3N3O2. The Morgan fingerprint density at radius 2 is 1.61 bits per heavy atom. The molecule has 8 heteroatoms. The third-order valence-corrected chi connectivity index (χ3v) is 5.32. The van der Waals surface area contributed by atoms with Crippen LogP contribution in [0.15, 0.2) is 65.1 Å². The molecule has 0 radical (unpaired) electrons. The number of furan rings is 1. The predicted octanol–water partition coefficient (Wildman–Crippen LogP) is 4.97. The molecule has 0 spiro atoms. The van der Waals surface area contributed by atoms with Crippen molar-refractivity contribution in [2.75, 3.05) is 43.4 Å². The zero-order valence-electron chi connectivity index (χ0n) is 16.9. The Morgan fingerprint density at radius 3 is 2.29 bits per heavy atom. The van der Waals surface area contributed by atoms with Gasteiger partial charge in [-0.15, -0.1) is 0 Å². The Kier molecular flexibility index (Phi) is 5.73. The van der Waals surface area contributed by atoms with Gasteiger partial charge in [-0.05, 0) is 49.5 Å². The number of piperazine rings is 1. The van der Waals surface area contributed by atoms with E-state index in [0.717, 1.165) is 37.9 Å². The number of carbonyl (C=O) groups is 1. The zero-order chi connectivity index (χ0) is 22.0. The topological polar surface area (TPSA) is 48.7 Å². The Balaban J connectivity index is 1.45. The molecule has 0 saturated carbocycles. The number of amides is 1. The molecule has 1 aliphatic heterocycles. The smallest absolute Gasteiger partial charge is 0.417 e. The maximum absolute atomic E-state index is 13.2. The highest BCUT2D eigenvalue weighted by atomic mass is 19.4. The molecule has 0 bridgehead atoms. The van der Waals surface area contributed by atoms with Gasteiger partial charge in [-0.25, -0.2) is 0 Å². The summed E-state index contributed by atoms with van der Waals surface area (Å²) in [7, 11) is 2.09. The quantitative estimate of drug-likeness (QED) is 0.636. The summed E-state index contributed by atoms with van der Waals surface area (Å²) < 4.78 is 45.2. The van der Waals surface area contributed by atoms with E-state index in [1.807, 2.05) is 12.1 Å². The van der Waals surface area contributed by atoms with Crippen LogP contribution in [0.4, 0.5) is 24.5 Å². The fourth-order valence-electron chi connectivity index (χ4n) is 3.56. The van der Waals surface area contributed by atoms with Crippen LogP contribution in [0, 0.1) is 0 Å². The largest absolute Gasteiger partial charge is 0.451 e. The third kappa shape index (κ3) is 4.74. The van der Waals surface area contributed by atoms with Crippen LogP contribution in [0.25, 0.3) is 11.3 Å². The second-order valence-electron chi connectivity index (χ2n) is 7.50. The minimum Gasteiger partial charge on any atom is -0.451 e. The number of nitrogens with one attached hydrogen (secondary N) is 1. The van der Waals surface area contributed by atoms with Crippen molar-refractivity contribution in [3.8, 4) is 11.3 Å². The number of nitrogens with zero attached hydrogens (tertiary/aromatic N) is 2. The summed E-state index contributed by atoms with van der Waals surface area (Å²) in [6, 6.07) is 15.3. The van der Waals surface area contributed by atoms with Crippen molar-refractivity contribution in [1.29, 1.82) is 0 Å². The van der Waals surface area contributed by atoms with Gasteiger partial charge in [-0.1, -0.05) is 18.2 Å². The van der Waals surface area contributed by atoms with E-state index in [4.69, 9.17) is 4.42 Å². The summed E-state index contributed by atoms with van der Waals surface area (Å²) in [5, 5.41) is 2.72. The molecule has 1 saturated heterocycles. The number of halogens is 3. The SMILES string of the molecule is CN1CCN(c2ccc(NC(=O)c3ccc(-c4ccccc4C(F)(F)F)o3)cc2)CC1. The number of anilines is 2. The first-order valence-electron chi connectivity index (χ1n) is 9.92. The molecule has 0 aliphatic carbocycles. The van der Waals surface area contributed by atoms with E-state index in [-0.39, 0.29) is 17.1 Å². The molecule has 5 nitrogen and oxygen atoms in total. The van der Waals surface area contributed by atoms with Crippen LogP contribution in [0.2, 0.25) is 0 Å². The zero-order valence-corrected chi connectivity index (χ0v) is 16.9. The van der Waals surface area contributed by atoms with Crippen LogP contribution in [-0.2, 0) is 6.18 Å². The van der Waals surface area contributed by atoms with Gasteiger partial charge in [0.05, 0.1) is 5.56 Å². The van der Waals surface area contributed by atoms with E-state index in [1.165, 1.54) is 30.3 Å². The fourth-order valence-corrected chi connectivity index (χ4v) is 3.56. The number of benzene rings is 2. The van der Waals surface area contributed by atoms with Crippen LogP contribution in [0.5, 0.6) is 0 Å². The van der Waals surface area contributed by atoms with E-state index in [2.05, 4.69) is 22.2 Å². The maximum atomic E-state index is 13.2. The molecule has 1 aromatic heterocycles. The fraction of sp³-hybridized carbons (Fsp3) is 0.261. The molecule has 4 rings (SSSR count). The van der Waals surface area contributed by atoms with Crippen molar-refractivity contribution in [2.24, 2.45) is 0 Å². The lowest BCUT2D eigenvalue weighted by atomic mass is 10.1. The number of hydrogen-bond acceptors (Lipinski definition) is 4. The van der Waals surface area contributed by atoms with Gasteiger partial charge in [0.1, 0.15) is 5.76 Å². The molecule has 3 aromatic rings. The van der Waals surface area contributed by atoms with Gasteiger partial charge < -0.3 is 19.5 Å². The minimum absolute atomic E-state index is 0.0107. The average Bonchev–Trinajstić information content (AvgIpc) is 3.25. The lowest BCUT2D eigenvalue weighted by molar-refractivity contribution is -0.137. The number of alkyl halides is 3. The van der Waals surface area contributed by atoms with Gasteiger partial charge in [0.2, 0.25) is 0 Å². The van der Waals surface area contributed by atoms with Gasteiger partial charge in [-0.2, -0.15) is 13.2 Å². The highest BCUT2D eigenvalue weighted by molar-refractivity contribution is 6.02. The Labute approximate surface area is 178 Å². The van der Waals surface area contributed by atoms with E-state index < -0.39 is 17.6 Å². The van der Waals surface area contributed by atoms with E-state index >= 15 is 0 Å². The lowest BCUT2D eigenvalue weighted by Gasteiger charge is -2.34. The first kappa shape index (κ1) is 21.0. The molecule has 1 N–H and O–H groups in total. The molecule has 0 unspecified atom stereocenters. The normalized spacial score (nSPS) is 15.2. The number of hydrogen-bond donors (Lipinski definition) is 1. The predicted molar refractivity (Wildman–Crippen MR) is 113 cm³/mol. The van der Waals surface area contributed by atoms with Crippen molar-refractivity contribution < 1.29 is 22.4 Å². The van der Waals surface area contributed by atoms with E-state index in [1.54, 1.807) is 12.1 Å².